The van der Waals surface area contributed by atoms with Crippen LogP contribution in [0, 0.1) is 0 Å². The first-order valence-corrected chi connectivity index (χ1v) is 7.78. The summed E-state index contributed by atoms with van der Waals surface area (Å²) in [5.41, 5.74) is 0. The van der Waals surface area contributed by atoms with Gasteiger partial charge in [0.15, 0.2) is 0 Å². The predicted molar refractivity (Wildman–Crippen MR) is 76.2 cm³/mol. The van der Waals surface area contributed by atoms with Gasteiger partial charge in [0.25, 0.3) is 0 Å². The molecule has 1 N–H and O–H groups in total. The van der Waals surface area contributed by atoms with Crippen molar-refractivity contribution in [1.82, 2.24) is 10.2 Å². The molecule has 1 saturated carbocycles. The summed E-state index contributed by atoms with van der Waals surface area (Å²) in [4.78, 5) is 26.1. The minimum atomic E-state index is -0.352. The standard InChI is InChI=1S/C15H26N2O3/c1-3-6-11(10-20-2)16-13-9-14(18)17(15(13)19)12-7-4-5-8-12/h11-13,16H,3-10H2,1-2H3. The lowest BCUT2D eigenvalue weighted by atomic mass is 10.1. The molecule has 5 heteroatoms. The van der Waals surface area contributed by atoms with Crippen molar-refractivity contribution in [2.75, 3.05) is 13.7 Å². The predicted octanol–water partition coefficient (Wildman–Crippen LogP) is 1.46. The van der Waals surface area contributed by atoms with Crippen LogP contribution in [0.25, 0.3) is 0 Å². The molecule has 1 saturated heterocycles. The van der Waals surface area contributed by atoms with Gasteiger partial charge in [-0.2, -0.15) is 0 Å². The number of carbonyl (C=O) groups excluding carboxylic acids is 2. The lowest BCUT2D eigenvalue weighted by Gasteiger charge is -2.24. The molecule has 20 heavy (non-hydrogen) atoms. The summed E-state index contributed by atoms with van der Waals surface area (Å²) in [5, 5.41) is 3.31. The largest absolute Gasteiger partial charge is 0.383 e. The highest BCUT2D eigenvalue weighted by molar-refractivity contribution is 6.05. The Balaban J connectivity index is 1.96. The second kappa shape index (κ2) is 7.18. The fourth-order valence-corrected chi connectivity index (χ4v) is 3.38. The minimum Gasteiger partial charge on any atom is -0.383 e. The first kappa shape index (κ1) is 15.4. The molecule has 0 spiro atoms. The lowest BCUT2D eigenvalue weighted by Crippen LogP contribution is -2.47. The van der Waals surface area contributed by atoms with Gasteiger partial charge in [-0.05, 0) is 19.3 Å². The molecular weight excluding hydrogens is 256 g/mol. The number of hydrogen-bond donors (Lipinski definition) is 1. The Bertz CT molecular complexity index is 347. The number of likely N-dealkylation sites (tertiary alicyclic amines) is 1. The highest BCUT2D eigenvalue weighted by Gasteiger charge is 2.43. The van der Waals surface area contributed by atoms with E-state index in [2.05, 4.69) is 12.2 Å². The molecule has 0 aromatic carbocycles. The van der Waals surface area contributed by atoms with Gasteiger partial charge in [-0.25, -0.2) is 0 Å². The molecular formula is C15H26N2O3. The Morgan fingerprint density at radius 2 is 2.05 bits per heavy atom. The average Bonchev–Trinajstić information content (AvgIpc) is 3.00. The summed E-state index contributed by atoms with van der Waals surface area (Å²) in [6, 6.07) is -0.0565. The number of ether oxygens (including phenoxy) is 1. The zero-order valence-corrected chi connectivity index (χ0v) is 12.6. The fraction of sp³-hybridized carbons (Fsp3) is 0.867. The zero-order chi connectivity index (χ0) is 14.5. The number of methoxy groups -OCH3 is 1. The van der Waals surface area contributed by atoms with Gasteiger partial charge in [0.1, 0.15) is 0 Å². The van der Waals surface area contributed by atoms with Crippen LogP contribution < -0.4 is 5.32 Å². The molecule has 0 bridgehead atoms. The Kier molecular flexibility index (Phi) is 5.54. The van der Waals surface area contributed by atoms with E-state index in [9.17, 15) is 9.59 Å². The highest BCUT2D eigenvalue weighted by Crippen LogP contribution is 2.28. The Labute approximate surface area is 121 Å². The van der Waals surface area contributed by atoms with Crippen molar-refractivity contribution in [1.29, 1.82) is 0 Å². The molecule has 2 aliphatic rings. The van der Waals surface area contributed by atoms with Crippen LogP contribution in [0.3, 0.4) is 0 Å². The highest BCUT2D eigenvalue weighted by atomic mass is 16.5. The Morgan fingerprint density at radius 1 is 1.35 bits per heavy atom. The first-order valence-electron chi connectivity index (χ1n) is 7.78. The molecule has 0 aromatic heterocycles. The third-order valence-corrected chi connectivity index (χ3v) is 4.31. The molecule has 2 rings (SSSR count). The molecule has 1 heterocycles. The van der Waals surface area contributed by atoms with Gasteiger partial charge in [-0.3, -0.25) is 14.5 Å². The van der Waals surface area contributed by atoms with E-state index < -0.39 is 0 Å². The molecule has 0 radical (unpaired) electrons. The van der Waals surface area contributed by atoms with Crippen molar-refractivity contribution in [2.45, 2.75) is 70.0 Å². The van der Waals surface area contributed by atoms with Gasteiger partial charge in [0.2, 0.25) is 11.8 Å². The minimum absolute atomic E-state index is 0.00735. The zero-order valence-electron chi connectivity index (χ0n) is 12.6. The number of imide groups is 1. The van der Waals surface area contributed by atoms with Crippen LogP contribution >= 0.6 is 0 Å². The van der Waals surface area contributed by atoms with E-state index in [0.717, 1.165) is 38.5 Å². The topological polar surface area (TPSA) is 58.6 Å². The maximum absolute atomic E-state index is 12.4. The van der Waals surface area contributed by atoms with Crippen molar-refractivity contribution in [2.24, 2.45) is 0 Å². The monoisotopic (exact) mass is 282 g/mol. The van der Waals surface area contributed by atoms with Crippen LogP contribution in [-0.4, -0.2) is 48.6 Å². The first-order chi connectivity index (χ1) is 9.67. The van der Waals surface area contributed by atoms with E-state index in [1.165, 1.54) is 4.90 Å². The van der Waals surface area contributed by atoms with Crippen LogP contribution in [-0.2, 0) is 14.3 Å². The van der Waals surface area contributed by atoms with Gasteiger partial charge in [-0.15, -0.1) is 0 Å². The van der Waals surface area contributed by atoms with Crippen molar-refractivity contribution in [3.63, 3.8) is 0 Å². The maximum atomic E-state index is 12.4. The number of nitrogens with zero attached hydrogens (tertiary/aromatic N) is 1. The van der Waals surface area contributed by atoms with Gasteiger partial charge in [0, 0.05) is 19.2 Å². The van der Waals surface area contributed by atoms with Gasteiger partial charge >= 0.3 is 0 Å². The van der Waals surface area contributed by atoms with Crippen LogP contribution in [0.4, 0.5) is 0 Å². The molecule has 5 nitrogen and oxygen atoms in total. The quantitative estimate of drug-likeness (QED) is 0.718. The van der Waals surface area contributed by atoms with Crippen LogP contribution in [0.15, 0.2) is 0 Å². The van der Waals surface area contributed by atoms with Crippen LogP contribution in [0.1, 0.15) is 51.9 Å². The fourth-order valence-electron chi connectivity index (χ4n) is 3.38. The van der Waals surface area contributed by atoms with E-state index >= 15 is 0 Å². The van der Waals surface area contributed by atoms with Gasteiger partial charge < -0.3 is 10.1 Å². The van der Waals surface area contributed by atoms with Gasteiger partial charge in [0.05, 0.1) is 19.1 Å². The normalized spacial score (nSPS) is 25.7. The third-order valence-electron chi connectivity index (χ3n) is 4.31. The van der Waals surface area contributed by atoms with Crippen molar-refractivity contribution in [3.8, 4) is 0 Å². The average molecular weight is 282 g/mol. The van der Waals surface area contributed by atoms with E-state index in [-0.39, 0.29) is 29.9 Å². The summed E-state index contributed by atoms with van der Waals surface area (Å²) >= 11 is 0. The second-order valence-corrected chi connectivity index (χ2v) is 5.90. The summed E-state index contributed by atoms with van der Waals surface area (Å²) in [7, 11) is 1.66. The molecule has 0 aromatic rings. The third kappa shape index (κ3) is 3.38. The number of carbonyl (C=O) groups is 2. The van der Waals surface area contributed by atoms with Crippen LogP contribution in [0.5, 0.6) is 0 Å². The van der Waals surface area contributed by atoms with Gasteiger partial charge in [-0.1, -0.05) is 26.2 Å². The van der Waals surface area contributed by atoms with E-state index in [1.54, 1.807) is 7.11 Å². The maximum Gasteiger partial charge on any atom is 0.247 e. The van der Waals surface area contributed by atoms with E-state index in [4.69, 9.17) is 4.74 Å². The number of rotatable bonds is 7. The van der Waals surface area contributed by atoms with E-state index in [0.29, 0.717) is 13.0 Å². The Hall–Kier alpha value is -0.940. The molecule has 2 amide bonds. The smallest absolute Gasteiger partial charge is 0.247 e. The lowest BCUT2D eigenvalue weighted by molar-refractivity contribution is -0.141. The summed E-state index contributed by atoms with van der Waals surface area (Å²) in [6.45, 7) is 2.69. The molecule has 2 unspecified atom stereocenters. The SMILES string of the molecule is CCCC(COC)NC1CC(=O)N(C2CCCC2)C1=O. The van der Waals surface area contributed by atoms with Crippen LogP contribution in [0.2, 0.25) is 0 Å². The van der Waals surface area contributed by atoms with E-state index in [1.807, 2.05) is 0 Å². The molecule has 114 valence electrons. The molecule has 1 aliphatic heterocycles. The molecule has 2 atom stereocenters. The summed E-state index contributed by atoms with van der Waals surface area (Å²) in [5.74, 6) is -0.0360. The number of nitrogens with one attached hydrogen (secondary N) is 1. The number of hydrogen-bond acceptors (Lipinski definition) is 4. The molecule has 1 aliphatic carbocycles. The van der Waals surface area contributed by atoms with Crippen molar-refractivity contribution < 1.29 is 14.3 Å². The summed E-state index contributed by atoms with van der Waals surface area (Å²) in [6.07, 6.45) is 6.49. The molecule has 2 fully saturated rings. The second-order valence-electron chi connectivity index (χ2n) is 5.90. The van der Waals surface area contributed by atoms with Crippen molar-refractivity contribution in [3.05, 3.63) is 0 Å². The number of amides is 2. The Morgan fingerprint density at radius 3 is 2.65 bits per heavy atom. The summed E-state index contributed by atoms with van der Waals surface area (Å²) < 4.78 is 5.18. The van der Waals surface area contributed by atoms with Crippen molar-refractivity contribution >= 4 is 11.8 Å².